The summed E-state index contributed by atoms with van der Waals surface area (Å²) in [4.78, 5) is 14.1. The standard InChI is InChI=1S/C17H19NOS/c1-18(13-16-10-6-3-7-11-16)14-20-17(19)12-15-8-4-2-5-9-15/h2-11H,12-14H2,1H3. The van der Waals surface area contributed by atoms with Crippen molar-refractivity contribution in [1.29, 1.82) is 0 Å². The molecule has 0 bridgehead atoms. The first-order chi connectivity index (χ1) is 9.74. The first-order valence-electron chi connectivity index (χ1n) is 6.66. The molecule has 0 unspecified atom stereocenters. The van der Waals surface area contributed by atoms with E-state index in [0.717, 1.165) is 18.0 Å². The van der Waals surface area contributed by atoms with E-state index in [2.05, 4.69) is 17.0 Å². The number of rotatable bonds is 6. The van der Waals surface area contributed by atoms with Gasteiger partial charge in [0.15, 0.2) is 5.12 Å². The van der Waals surface area contributed by atoms with Gasteiger partial charge in [-0.05, 0) is 18.2 Å². The highest BCUT2D eigenvalue weighted by atomic mass is 32.2. The summed E-state index contributed by atoms with van der Waals surface area (Å²) in [5.41, 5.74) is 2.35. The Bertz CT molecular complexity index is 527. The molecule has 0 N–H and O–H groups in total. The molecule has 3 heteroatoms. The summed E-state index contributed by atoms with van der Waals surface area (Å²) in [5.74, 6) is 0.723. The minimum Gasteiger partial charge on any atom is -0.292 e. The average Bonchev–Trinajstić information content (AvgIpc) is 2.47. The molecule has 0 saturated heterocycles. The molecule has 20 heavy (non-hydrogen) atoms. The lowest BCUT2D eigenvalue weighted by Gasteiger charge is -2.15. The van der Waals surface area contributed by atoms with Gasteiger partial charge < -0.3 is 0 Å². The lowest BCUT2D eigenvalue weighted by atomic mass is 10.2. The lowest BCUT2D eigenvalue weighted by molar-refractivity contribution is -0.110. The molecular formula is C17H19NOS. The summed E-state index contributed by atoms with van der Waals surface area (Å²) < 4.78 is 0. The Morgan fingerprint density at radius 2 is 1.50 bits per heavy atom. The van der Waals surface area contributed by atoms with E-state index in [1.165, 1.54) is 17.3 Å². The number of carbonyl (C=O) groups excluding carboxylic acids is 1. The minimum atomic E-state index is 0.219. The van der Waals surface area contributed by atoms with Crippen LogP contribution in [0.1, 0.15) is 11.1 Å². The Balaban J connectivity index is 1.73. The van der Waals surface area contributed by atoms with E-state index in [1.807, 2.05) is 55.6 Å². The van der Waals surface area contributed by atoms with E-state index in [1.54, 1.807) is 0 Å². The maximum Gasteiger partial charge on any atom is 0.194 e. The zero-order chi connectivity index (χ0) is 14.2. The fourth-order valence-corrected chi connectivity index (χ4v) is 2.66. The zero-order valence-corrected chi connectivity index (χ0v) is 12.5. The fraction of sp³-hybridized carbons (Fsp3) is 0.235. The molecule has 0 heterocycles. The normalized spacial score (nSPS) is 10.7. The quantitative estimate of drug-likeness (QED) is 0.757. The van der Waals surface area contributed by atoms with Crippen LogP contribution in [0.2, 0.25) is 0 Å². The van der Waals surface area contributed by atoms with Crippen LogP contribution in [0.25, 0.3) is 0 Å². The van der Waals surface area contributed by atoms with Crippen molar-refractivity contribution >= 4 is 16.9 Å². The maximum atomic E-state index is 11.9. The fourth-order valence-electron chi connectivity index (χ4n) is 1.94. The van der Waals surface area contributed by atoms with Crippen LogP contribution in [0.3, 0.4) is 0 Å². The van der Waals surface area contributed by atoms with Gasteiger partial charge in [-0.15, -0.1) is 0 Å². The van der Waals surface area contributed by atoms with Gasteiger partial charge in [0.1, 0.15) is 0 Å². The molecule has 0 fully saturated rings. The highest BCUT2D eigenvalue weighted by Crippen LogP contribution is 2.12. The summed E-state index contributed by atoms with van der Waals surface area (Å²) >= 11 is 1.39. The van der Waals surface area contributed by atoms with Crippen molar-refractivity contribution < 1.29 is 4.79 Å². The van der Waals surface area contributed by atoms with E-state index >= 15 is 0 Å². The summed E-state index contributed by atoms with van der Waals surface area (Å²) in [6.07, 6.45) is 0.505. The molecule has 2 aromatic rings. The second-order valence-corrected chi connectivity index (χ2v) is 5.81. The molecule has 0 radical (unpaired) electrons. The highest BCUT2D eigenvalue weighted by Gasteiger charge is 2.07. The predicted molar refractivity (Wildman–Crippen MR) is 85.5 cm³/mol. The third-order valence-corrected chi connectivity index (χ3v) is 3.97. The molecule has 0 aromatic heterocycles. The number of carbonyl (C=O) groups is 1. The monoisotopic (exact) mass is 285 g/mol. The van der Waals surface area contributed by atoms with Gasteiger partial charge in [0.2, 0.25) is 0 Å². The van der Waals surface area contributed by atoms with Gasteiger partial charge in [0.25, 0.3) is 0 Å². The van der Waals surface area contributed by atoms with Crippen molar-refractivity contribution in [2.24, 2.45) is 0 Å². The molecule has 2 rings (SSSR count). The van der Waals surface area contributed by atoms with Crippen molar-refractivity contribution in [3.05, 3.63) is 71.8 Å². The second kappa shape index (κ2) is 7.88. The molecule has 104 valence electrons. The van der Waals surface area contributed by atoms with E-state index in [9.17, 15) is 4.79 Å². The van der Waals surface area contributed by atoms with Gasteiger partial charge in [0.05, 0.1) is 5.88 Å². The van der Waals surface area contributed by atoms with Crippen LogP contribution in [0.5, 0.6) is 0 Å². The number of hydrogen-bond acceptors (Lipinski definition) is 3. The first kappa shape index (κ1) is 14.8. The summed E-state index contributed by atoms with van der Waals surface area (Å²) in [7, 11) is 2.04. The minimum absolute atomic E-state index is 0.219. The molecule has 0 saturated carbocycles. The van der Waals surface area contributed by atoms with Gasteiger partial charge in [-0.25, -0.2) is 0 Å². The third-order valence-electron chi connectivity index (χ3n) is 2.93. The molecule has 0 aliphatic heterocycles. The van der Waals surface area contributed by atoms with Crippen LogP contribution in [-0.4, -0.2) is 22.9 Å². The van der Waals surface area contributed by atoms with Gasteiger partial charge in [-0.1, -0.05) is 72.4 Å². The molecule has 0 amide bonds. The summed E-state index contributed by atoms with van der Waals surface area (Å²) in [6, 6.07) is 20.2. The topological polar surface area (TPSA) is 20.3 Å². The Labute approximate surface area is 124 Å². The smallest absolute Gasteiger partial charge is 0.194 e. The van der Waals surface area contributed by atoms with E-state index in [0.29, 0.717) is 6.42 Å². The Hall–Kier alpha value is -1.58. The van der Waals surface area contributed by atoms with Crippen LogP contribution >= 0.6 is 11.8 Å². The van der Waals surface area contributed by atoms with Gasteiger partial charge in [-0.2, -0.15) is 0 Å². The lowest BCUT2D eigenvalue weighted by Crippen LogP contribution is -2.18. The number of thioether (sulfide) groups is 1. The Kier molecular flexibility index (Phi) is 5.84. The molecular weight excluding hydrogens is 266 g/mol. The van der Waals surface area contributed by atoms with Crippen molar-refractivity contribution in [2.75, 3.05) is 12.9 Å². The van der Waals surface area contributed by atoms with Gasteiger partial charge >= 0.3 is 0 Å². The zero-order valence-electron chi connectivity index (χ0n) is 11.7. The number of hydrogen-bond donors (Lipinski definition) is 0. The molecule has 2 aromatic carbocycles. The molecule has 0 aliphatic carbocycles. The average molecular weight is 285 g/mol. The van der Waals surface area contributed by atoms with E-state index < -0.39 is 0 Å². The van der Waals surface area contributed by atoms with Crippen molar-refractivity contribution in [1.82, 2.24) is 4.90 Å². The Morgan fingerprint density at radius 1 is 0.950 bits per heavy atom. The number of benzene rings is 2. The number of nitrogens with zero attached hydrogens (tertiary/aromatic N) is 1. The van der Waals surface area contributed by atoms with Crippen molar-refractivity contribution in [3.8, 4) is 0 Å². The van der Waals surface area contributed by atoms with Gasteiger partial charge in [0, 0.05) is 13.0 Å². The Morgan fingerprint density at radius 3 is 2.10 bits per heavy atom. The maximum absolute atomic E-state index is 11.9. The van der Waals surface area contributed by atoms with E-state index in [4.69, 9.17) is 0 Å². The summed E-state index contributed by atoms with van der Waals surface area (Å²) in [6.45, 7) is 0.868. The summed E-state index contributed by atoms with van der Waals surface area (Å²) in [5, 5.41) is 0.219. The second-order valence-electron chi connectivity index (χ2n) is 4.81. The first-order valence-corrected chi connectivity index (χ1v) is 7.64. The van der Waals surface area contributed by atoms with Crippen LogP contribution in [-0.2, 0) is 17.8 Å². The van der Waals surface area contributed by atoms with Crippen LogP contribution in [0, 0.1) is 0 Å². The third kappa shape index (κ3) is 5.19. The largest absolute Gasteiger partial charge is 0.292 e. The van der Waals surface area contributed by atoms with E-state index in [-0.39, 0.29) is 5.12 Å². The van der Waals surface area contributed by atoms with Crippen molar-refractivity contribution in [3.63, 3.8) is 0 Å². The highest BCUT2D eigenvalue weighted by molar-refractivity contribution is 8.13. The van der Waals surface area contributed by atoms with Gasteiger partial charge in [-0.3, -0.25) is 9.69 Å². The van der Waals surface area contributed by atoms with Crippen molar-refractivity contribution in [2.45, 2.75) is 13.0 Å². The molecule has 0 spiro atoms. The van der Waals surface area contributed by atoms with Crippen LogP contribution < -0.4 is 0 Å². The molecule has 0 atom stereocenters. The molecule has 0 aliphatic rings. The molecule has 2 nitrogen and oxygen atoms in total. The SMILES string of the molecule is CN(CSC(=O)Cc1ccccc1)Cc1ccccc1. The van der Waals surface area contributed by atoms with Crippen LogP contribution in [0.4, 0.5) is 0 Å². The van der Waals surface area contributed by atoms with Crippen LogP contribution in [0.15, 0.2) is 60.7 Å². The predicted octanol–water partition coefficient (Wildman–Crippen LogP) is 3.58.